The third-order valence-corrected chi connectivity index (χ3v) is 3.95. The van der Waals surface area contributed by atoms with E-state index < -0.39 is 0 Å². The monoisotopic (exact) mass is 267 g/mol. The summed E-state index contributed by atoms with van der Waals surface area (Å²) in [7, 11) is 0. The summed E-state index contributed by atoms with van der Waals surface area (Å²) >= 11 is 1.73. The highest BCUT2D eigenvalue weighted by molar-refractivity contribution is 7.99. The van der Waals surface area contributed by atoms with E-state index in [1.54, 1.807) is 11.8 Å². The van der Waals surface area contributed by atoms with E-state index in [4.69, 9.17) is 0 Å². The molecule has 1 unspecified atom stereocenters. The van der Waals surface area contributed by atoms with E-state index in [1.807, 2.05) is 0 Å². The minimum absolute atomic E-state index is 0.0604. The number of rotatable bonds is 5. The molecule has 0 aliphatic heterocycles. The van der Waals surface area contributed by atoms with Gasteiger partial charge in [-0.3, -0.25) is 0 Å². The largest absolute Gasteiger partial charge is 0.391 e. The van der Waals surface area contributed by atoms with Crippen LogP contribution in [-0.2, 0) is 0 Å². The fraction of sp³-hybridized carbons (Fsp3) is 0.600. The van der Waals surface area contributed by atoms with E-state index in [0.717, 1.165) is 5.75 Å². The molecule has 0 bridgehead atoms. The number of hydrogen-bond acceptors (Lipinski definition) is 3. The van der Waals surface area contributed by atoms with Crippen molar-refractivity contribution in [1.82, 2.24) is 5.32 Å². The minimum Gasteiger partial charge on any atom is -0.391 e. The molecule has 0 aromatic heterocycles. The molecule has 1 aromatic carbocycles. The molecule has 0 spiro atoms. The standard InChI is InChI=1S/C15H25NOS/c1-11-6-7-12(2)14(8-11)18-10-13(17)9-16-15(3,4)5/h6-8,13,16-17H,9-10H2,1-5H3. The van der Waals surface area contributed by atoms with Crippen LogP contribution < -0.4 is 5.32 Å². The lowest BCUT2D eigenvalue weighted by Crippen LogP contribution is -2.41. The van der Waals surface area contributed by atoms with Gasteiger partial charge in [0.25, 0.3) is 0 Å². The first-order valence-corrected chi connectivity index (χ1v) is 7.39. The first kappa shape index (κ1) is 15.5. The summed E-state index contributed by atoms with van der Waals surface area (Å²) in [5, 5.41) is 13.3. The molecule has 0 amide bonds. The molecule has 2 N–H and O–H groups in total. The molecule has 0 heterocycles. The highest BCUT2D eigenvalue weighted by Gasteiger charge is 2.12. The van der Waals surface area contributed by atoms with E-state index in [1.165, 1.54) is 16.0 Å². The van der Waals surface area contributed by atoms with Gasteiger partial charge in [-0.2, -0.15) is 0 Å². The Morgan fingerprint density at radius 2 is 1.94 bits per heavy atom. The van der Waals surface area contributed by atoms with E-state index in [2.05, 4.69) is 58.1 Å². The van der Waals surface area contributed by atoms with Gasteiger partial charge in [0.15, 0.2) is 0 Å². The lowest BCUT2D eigenvalue weighted by Gasteiger charge is -2.22. The second kappa shape index (κ2) is 6.60. The Hall–Kier alpha value is -0.510. The number of thioether (sulfide) groups is 1. The third kappa shape index (κ3) is 5.89. The Balaban J connectivity index is 2.42. The van der Waals surface area contributed by atoms with Crippen LogP contribution in [0, 0.1) is 13.8 Å². The predicted molar refractivity (Wildman–Crippen MR) is 80.4 cm³/mol. The van der Waals surface area contributed by atoms with Gasteiger partial charge in [0, 0.05) is 22.7 Å². The molecule has 2 nitrogen and oxygen atoms in total. The van der Waals surface area contributed by atoms with Crippen LogP contribution in [-0.4, -0.2) is 29.0 Å². The van der Waals surface area contributed by atoms with E-state index >= 15 is 0 Å². The average molecular weight is 267 g/mol. The van der Waals surface area contributed by atoms with Crippen molar-refractivity contribution in [2.24, 2.45) is 0 Å². The number of aliphatic hydroxyl groups is 1. The number of aryl methyl sites for hydroxylation is 2. The van der Waals surface area contributed by atoms with Gasteiger partial charge in [-0.1, -0.05) is 17.7 Å². The molecular formula is C15H25NOS. The van der Waals surface area contributed by atoms with Gasteiger partial charge < -0.3 is 10.4 Å². The molecule has 0 saturated carbocycles. The maximum absolute atomic E-state index is 9.95. The van der Waals surface area contributed by atoms with Crippen molar-refractivity contribution in [3.63, 3.8) is 0 Å². The van der Waals surface area contributed by atoms with Crippen LogP contribution in [0.5, 0.6) is 0 Å². The van der Waals surface area contributed by atoms with Crippen molar-refractivity contribution in [2.45, 2.75) is 51.2 Å². The molecule has 1 aromatic rings. The lowest BCUT2D eigenvalue weighted by atomic mass is 10.1. The number of aliphatic hydroxyl groups excluding tert-OH is 1. The van der Waals surface area contributed by atoms with Gasteiger partial charge >= 0.3 is 0 Å². The SMILES string of the molecule is Cc1ccc(C)c(SCC(O)CNC(C)(C)C)c1. The van der Waals surface area contributed by atoms with Crippen molar-refractivity contribution < 1.29 is 5.11 Å². The molecule has 0 fully saturated rings. The zero-order chi connectivity index (χ0) is 13.8. The molecule has 0 saturated heterocycles. The quantitative estimate of drug-likeness (QED) is 0.804. The van der Waals surface area contributed by atoms with Gasteiger partial charge in [-0.05, 0) is 46.2 Å². The fourth-order valence-corrected chi connectivity index (χ4v) is 2.59. The molecule has 0 aliphatic carbocycles. The van der Waals surface area contributed by atoms with Crippen molar-refractivity contribution in [3.05, 3.63) is 29.3 Å². The molecular weight excluding hydrogens is 242 g/mol. The first-order valence-electron chi connectivity index (χ1n) is 6.41. The molecule has 102 valence electrons. The minimum atomic E-state index is -0.311. The molecule has 18 heavy (non-hydrogen) atoms. The van der Waals surface area contributed by atoms with Gasteiger partial charge in [0.05, 0.1) is 6.10 Å². The predicted octanol–water partition coefficient (Wildman–Crippen LogP) is 3.14. The summed E-state index contributed by atoms with van der Waals surface area (Å²) in [5.74, 6) is 0.730. The van der Waals surface area contributed by atoms with Crippen LogP contribution in [0.1, 0.15) is 31.9 Å². The van der Waals surface area contributed by atoms with Crippen LogP contribution in [0.15, 0.2) is 23.1 Å². The maximum atomic E-state index is 9.95. The Kier molecular flexibility index (Phi) is 5.70. The molecule has 3 heteroatoms. The number of hydrogen-bond donors (Lipinski definition) is 2. The van der Waals surface area contributed by atoms with Crippen molar-refractivity contribution in [3.8, 4) is 0 Å². The van der Waals surface area contributed by atoms with Crippen molar-refractivity contribution >= 4 is 11.8 Å². The molecule has 0 radical (unpaired) electrons. The van der Waals surface area contributed by atoms with E-state index in [9.17, 15) is 5.11 Å². The second-order valence-corrected chi connectivity index (χ2v) is 6.93. The molecule has 1 rings (SSSR count). The summed E-state index contributed by atoms with van der Waals surface area (Å²) < 4.78 is 0. The smallest absolute Gasteiger partial charge is 0.0758 e. The van der Waals surface area contributed by atoms with Crippen LogP contribution in [0.2, 0.25) is 0 Å². The fourth-order valence-electron chi connectivity index (χ4n) is 1.53. The maximum Gasteiger partial charge on any atom is 0.0758 e. The van der Waals surface area contributed by atoms with Crippen molar-refractivity contribution in [2.75, 3.05) is 12.3 Å². The second-order valence-electron chi connectivity index (χ2n) is 5.86. The highest BCUT2D eigenvalue weighted by atomic mass is 32.2. The third-order valence-electron chi connectivity index (χ3n) is 2.64. The Morgan fingerprint density at radius 1 is 1.28 bits per heavy atom. The number of benzene rings is 1. The van der Waals surface area contributed by atoms with Gasteiger partial charge in [-0.15, -0.1) is 11.8 Å². The summed E-state index contributed by atoms with van der Waals surface area (Å²) in [4.78, 5) is 1.27. The summed E-state index contributed by atoms with van der Waals surface area (Å²) in [5.41, 5.74) is 2.61. The van der Waals surface area contributed by atoms with E-state index in [0.29, 0.717) is 6.54 Å². The Bertz CT molecular complexity index is 385. The van der Waals surface area contributed by atoms with Crippen LogP contribution in [0.25, 0.3) is 0 Å². The first-order chi connectivity index (χ1) is 8.28. The normalized spacial score (nSPS) is 13.7. The van der Waals surface area contributed by atoms with Crippen LogP contribution in [0.4, 0.5) is 0 Å². The summed E-state index contributed by atoms with van der Waals surface area (Å²) in [6.07, 6.45) is -0.311. The number of nitrogens with one attached hydrogen (secondary N) is 1. The van der Waals surface area contributed by atoms with Crippen LogP contribution in [0.3, 0.4) is 0 Å². The summed E-state index contributed by atoms with van der Waals surface area (Å²) in [6, 6.07) is 6.44. The Morgan fingerprint density at radius 3 is 2.56 bits per heavy atom. The summed E-state index contributed by atoms with van der Waals surface area (Å²) in [6.45, 7) is 11.2. The van der Waals surface area contributed by atoms with Gasteiger partial charge in [0.2, 0.25) is 0 Å². The average Bonchev–Trinajstić information content (AvgIpc) is 2.26. The van der Waals surface area contributed by atoms with Crippen LogP contribution >= 0.6 is 11.8 Å². The molecule has 0 aliphatic rings. The van der Waals surface area contributed by atoms with E-state index in [-0.39, 0.29) is 11.6 Å². The Labute approximate surface area is 115 Å². The van der Waals surface area contributed by atoms with Gasteiger partial charge in [0.1, 0.15) is 0 Å². The van der Waals surface area contributed by atoms with Crippen molar-refractivity contribution in [1.29, 1.82) is 0 Å². The zero-order valence-electron chi connectivity index (χ0n) is 12.1. The van der Waals surface area contributed by atoms with Gasteiger partial charge in [-0.25, -0.2) is 0 Å². The molecule has 1 atom stereocenters. The lowest BCUT2D eigenvalue weighted by molar-refractivity contribution is 0.183. The highest BCUT2D eigenvalue weighted by Crippen LogP contribution is 2.24. The topological polar surface area (TPSA) is 32.3 Å². The zero-order valence-corrected chi connectivity index (χ0v) is 12.9. The number of β-amino-alcohol motifs (C(OH)–C–C–N with tert-alkyl or cyclic N) is 1.